The molecule has 0 aromatic heterocycles. The minimum Gasteiger partial charge on any atom is -0.467 e. The zero-order valence-electron chi connectivity index (χ0n) is 21.7. The summed E-state index contributed by atoms with van der Waals surface area (Å²) in [5.74, 6) is -0.283. The van der Waals surface area contributed by atoms with E-state index in [0.717, 1.165) is 5.69 Å². The maximum absolute atomic E-state index is 12.2. The van der Waals surface area contributed by atoms with Gasteiger partial charge in [0.1, 0.15) is 11.6 Å². The number of ether oxygens (including phenoxy) is 2. The Kier molecular flexibility index (Phi) is 11.2. The molecule has 0 saturated carbocycles. The summed E-state index contributed by atoms with van der Waals surface area (Å²) >= 11 is 1.25. The number of carbonyl (C=O) groups is 3. The predicted molar refractivity (Wildman–Crippen MR) is 141 cm³/mol. The number of nitro benzene ring substituents is 1. The Balaban J connectivity index is 2.04. The number of esters is 1. The molecule has 14 heteroatoms. The SMILES string of the molecule is COC(=O)C(CSCc1cc(N2CCN(C(=O)NCCN)CC2)ccc1[N+](=O)[O-])NC(=O)OC(C)(C)C. The van der Waals surface area contributed by atoms with Gasteiger partial charge in [0, 0.05) is 68.1 Å². The van der Waals surface area contributed by atoms with E-state index < -0.39 is 28.6 Å². The fraction of sp³-hybridized carbons (Fsp3) is 0.609. The number of benzene rings is 1. The molecule has 1 aromatic rings. The van der Waals surface area contributed by atoms with Crippen LogP contribution in [-0.4, -0.2) is 91.7 Å². The molecular weight excluding hydrogens is 504 g/mol. The smallest absolute Gasteiger partial charge is 0.408 e. The second-order valence-corrected chi connectivity index (χ2v) is 10.3. The van der Waals surface area contributed by atoms with E-state index >= 15 is 0 Å². The number of urea groups is 1. The summed E-state index contributed by atoms with van der Waals surface area (Å²) in [7, 11) is 1.21. The third kappa shape index (κ3) is 9.61. The number of nitro groups is 1. The molecule has 0 bridgehead atoms. The summed E-state index contributed by atoms with van der Waals surface area (Å²) in [5, 5.41) is 16.9. The second kappa shape index (κ2) is 13.9. The lowest BCUT2D eigenvalue weighted by molar-refractivity contribution is -0.385. The first-order valence-corrected chi connectivity index (χ1v) is 13.0. The highest BCUT2D eigenvalue weighted by Gasteiger charge is 2.26. The highest BCUT2D eigenvalue weighted by Crippen LogP contribution is 2.29. The molecule has 13 nitrogen and oxygen atoms in total. The molecule has 37 heavy (non-hydrogen) atoms. The van der Waals surface area contributed by atoms with E-state index in [4.69, 9.17) is 15.2 Å². The van der Waals surface area contributed by atoms with Gasteiger partial charge in [0.05, 0.1) is 12.0 Å². The number of nitrogens with zero attached hydrogens (tertiary/aromatic N) is 3. The van der Waals surface area contributed by atoms with Crippen molar-refractivity contribution < 1.29 is 28.8 Å². The standard InChI is InChI=1S/C23H36N6O7S/c1-23(2,3)36-22(32)26-18(20(30)35-4)15-37-14-16-13-17(5-6-19(16)29(33)34)27-9-11-28(12-10-27)21(31)25-8-7-24/h5-6,13,18H,7-12,14-15,24H2,1-4H3,(H,25,31)(H,26,32). The lowest BCUT2D eigenvalue weighted by Gasteiger charge is -2.36. The van der Waals surface area contributed by atoms with Gasteiger partial charge in [-0.15, -0.1) is 0 Å². The average molecular weight is 541 g/mol. The van der Waals surface area contributed by atoms with Crippen LogP contribution in [0.4, 0.5) is 21.0 Å². The van der Waals surface area contributed by atoms with Crippen molar-refractivity contribution in [2.75, 3.05) is 57.0 Å². The van der Waals surface area contributed by atoms with Gasteiger partial charge >= 0.3 is 18.1 Å². The summed E-state index contributed by atoms with van der Waals surface area (Å²) in [4.78, 5) is 51.4. The van der Waals surface area contributed by atoms with Crippen LogP contribution in [0.3, 0.4) is 0 Å². The molecule has 1 fully saturated rings. The van der Waals surface area contributed by atoms with Gasteiger partial charge in [0.2, 0.25) is 0 Å². The number of rotatable bonds is 10. The molecule has 1 saturated heterocycles. The van der Waals surface area contributed by atoms with Crippen molar-refractivity contribution in [2.45, 2.75) is 38.2 Å². The van der Waals surface area contributed by atoms with Crippen LogP contribution in [-0.2, 0) is 20.0 Å². The summed E-state index contributed by atoms with van der Waals surface area (Å²) in [6.45, 7) is 8.06. The maximum Gasteiger partial charge on any atom is 0.408 e. The lowest BCUT2D eigenvalue weighted by atomic mass is 10.1. The first-order valence-electron chi connectivity index (χ1n) is 11.9. The van der Waals surface area contributed by atoms with Crippen molar-refractivity contribution in [1.82, 2.24) is 15.5 Å². The van der Waals surface area contributed by atoms with Crippen molar-refractivity contribution in [1.29, 1.82) is 0 Å². The Labute approximate surface area is 220 Å². The van der Waals surface area contributed by atoms with Crippen LogP contribution in [0.25, 0.3) is 0 Å². The average Bonchev–Trinajstić information content (AvgIpc) is 2.84. The highest BCUT2D eigenvalue weighted by molar-refractivity contribution is 7.98. The van der Waals surface area contributed by atoms with Crippen molar-refractivity contribution in [3.8, 4) is 0 Å². The monoisotopic (exact) mass is 540 g/mol. The van der Waals surface area contributed by atoms with Crippen molar-refractivity contribution in [3.05, 3.63) is 33.9 Å². The number of methoxy groups -OCH3 is 1. The van der Waals surface area contributed by atoms with Gasteiger partial charge in [-0.1, -0.05) is 0 Å². The van der Waals surface area contributed by atoms with Crippen LogP contribution < -0.4 is 21.3 Å². The van der Waals surface area contributed by atoms with Crippen LogP contribution in [0.5, 0.6) is 0 Å². The first-order chi connectivity index (χ1) is 17.4. The van der Waals surface area contributed by atoms with E-state index in [2.05, 4.69) is 15.5 Å². The molecule has 3 amide bonds. The van der Waals surface area contributed by atoms with Crippen LogP contribution in [0, 0.1) is 10.1 Å². The van der Waals surface area contributed by atoms with Crippen molar-refractivity contribution in [2.24, 2.45) is 5.73 Å². The molecule has 1 aliphatic rings. The number of hydrogen-bond donors (Lipinski definition) is 3. The quantitative estimate of drug-likeness (QED) is 0.225. The Hall–Kier alpha value is -3.26. The molecule has 1 aromatic carbocycles. The number of nitrogens with two attached hydrogens (primary N) is 1. The number of hydrogen-bond acceptors (Lipinski definition) is 10. The summed E-state index contributed by atoms with van der Waals surface area (Å²) < 4.78 is 9.98. The Morgan fingerprint density at radius 3 is 2.46 bits per heavy atom. The van der Waals surface area contributed by atoms with Gasteiger partial charge in [-0.05, 0) is 32.9 Å². The van der Waals surface area contributed by atoms with E-state index in [1.807, 2.05) is 0 Å². The van der Waals surface area contributed by atoms with Crippen molar-refractivity contribution >= 4 is 41.2 Å². The molecule has 1 heterocycles. The fourth-order valence-electron chi connectivity index (χ4n) is 3.57. The van der Waals surface area contributed by atoms with Gasteiger partial charge in [0.15, 0.2) is 0 Å². The molecule has 1 unspecified atom stereocenters. The number of carbonyl (C=O) groups excluding carboxylic acids is 3. The number of nitrogens with one attached hydrogen (secondary N) is 2. The number of piperazine rings is 1. The topological polar surface area (TPSA) is 169 Å². The molecular formula is C23H36N6O7S. The third-order valence-electron chi connectivity index (χ3n) is 5.33. The van der Waals surface area contributed by atoms with E-state index in [1.165, 1.54) is 24.9 Å². The Morgan fingerprint density at radius 1 is 1.22 bits per heavy atom. The van der Waals surface area contributed by atoms with Gasteiger partial charge in [0.25, 0.3) is 5.69 Å². The molecule has 1 atom stereocenters. The Bertz CT molecular complexity index is 963. The van der Waals surface area contributed by atoms with Crippen LogP contribution in [0.15, 0.2) is 18.2 Å². The molecule has 0 spiro atoms. The largest absolute Gasteiger partial charge is 0.467 e. The fourth-order valence-corrected chi connectivity index (χ4v) is 4.59. The number of amides is 3. The lowest BCUT2D eigenvalue weighted by Crippen LogP contribution is -2.52. The molecule has 4 N–H and O–H groups in total. The highest BCUT2D eigenvalue weighted by atomic mass is 32.2. The van der Waals surface area contributed by atoms with Gasteiger partial charge in [-0.25, -0.2) is 14.4 Å². The second-order valence-electron chi connectivity index (χ2n) is 9.30. The summed E-state index contributed by atoms with van der Waals surface area (Å²) in [6, 6.07) is 3.76. The van der Waals surface area contributed by atoms with Crippen molar-refractivity contribution in [3.63, 3.8) is 0 Å². The zero-order valence-corrected chi connectivity index (χ0v) is 22.5. The number of thioether (sulfide) groups is 1. The molecule has 2 rings (SSSR count). The zero-order chi connectivity index (χ0) is 27.6. The van der Waals surface area contributed by atoms with E-state index in [0.29, 0.717) is 44.8 Å². The summed E-state index contributed by atoms with van der Waals surface area (Å²) in [6.07, 6.45) is -0.757. The van der Waals surface area contributed by atoms with Crippen LogP contribution >= 0.6 is 11.8 Å². The third-order valence-corrected chi connectivity index (χ3v) is 6.42. The first kappa shape index (κ1) is 30.0. The van der Waals surface area contributed by atoms with E-state index in [-0.39, 0.29) is 23.2 Å². The molecule has 0 radical (unpaired) electrons. The molecule has 206 valence electrons. The minimum absolute atomic E-state index is 0.0363. The van der Waals surface area contributed by atoms with E-state index in [1.54, 1.807) is 37.8 Å². The predicted octanol–water partition coefficient (Wildman–Crippen LogP) is 1.68. The molecule has 1 aliphatic heterocycles. The van der Waals surface area contributed by atoms with Gasteiger partial charge in [-0.3, -0.25) is 10.1 Å². The van der Waals surface area contributed by atoms with Gasteiger partial charge < -0.3 is 35.6 Å². The Morgan fingerprint density at radius 2 is 1.89 bits per heavy atom. The van der Waals surface area contributed by atoms with Crippen LogP contribution in [0.1, 0.15) is 26.3 Å². The molecule has 0 aliphatic carbocycles. The number of anilines is 1. The summed E-state index contributed by atoms with van der Waals surface area (Å²) in [5.41, 5.74) is 5.94. The minimum atomic E-state index is -0.981. The maximum atomic E-state index is 12.2. The van der Waals surface area contributed by atoms with Gasteiger partial charge in [-0.2, -0.15) is 11.8 Å². The van der Waals surface area contributed by atoms with Crippen LogP contribution in [0.2, 0.25) is 0 Å². The van der Waals surface area contributed by atoms with E-state index in [9.17, 15) is 24.5 Å². The number of alkyl carbamates (subject to hydrolysis) is 1. The normalized spacial score (nSPS) is 14.5.